The quantitative estimate of drug-likeness (QED) is 0.741. The van der Waals surface area contributed by atoms with Crippen LogP contribution in [0.1, 0.15) is 30.0 Å². The third-order valence-electron chi connectivity index (χ3n) is 3.77. The minimum absolute atomic E-state index is 0. The van der Waals surface area contributed by atoms with Crippen molar-refractivity contribution in [2.45, 2.75) is 32.4 Å². The fourth-order valence-electron chi connectivity index (χ4n) is 2.40. The van der Waals surface area contributed by atoms with Gasteiger partial charge in [0.1, 0.15) is 0 Å². The number of rotatable bonds is 6. The van der Waals surface area contributed by atoms with E-state index < -0.39 is 0 Å². The minimum Gasteiger partial charge on any atom is -0.303 e. The lowest BCUT2D eigenvalue weighted by Gasteiger charge is -2.31. The average molecular weight is 302 g/mol. The molecule has 0 saturated carbocycles. The summed E-state index contributed by atoms with van der Waals surface area (Å²) in [7, 11) is 0. The summed E-state index contributed by atoms with van der Waals surface area (Å²) < 4.78 is 0. The summed E-state index contributed by atoms with van der Waals surface area (Å²) >= 11 is 0. The molecule has 0 aliphatic heterocycles. The molecule has 1 N–H and O–H groups in total. The molecule has 0 amide bonds. The Bertz CT molecular complexity index is 548. The third kappa shape index (κ3) is 4.73. The third-order valence-corrected chi connectivity index (χ3v) is 3.77. The molecule has 0 heterocycles. The van der Waals surface area contributed by atoms with Gasteiger partial charge in [0.05, 0.1) is 0 Å². The normalized spacial score (nSPS) is 13.0. The van der Waals surface area contributed by atoms with Crippen molar-refractivity contribution < 1.29 is 0 Å². The number of hydrogen-bond donors (Lipinski definition) is 1. The summed E-state index contributed by atoms with van der Waals surface area (Å²) in [6.45, 7) is 9.12. The molecule has 1 unspecified atom stereocenters. The predicted octanol–water partition coefficient (Wildman–Crippen LogP) is 5.00. The van der Waals surface area contributed by atoms with Crippen molar-refractivity contribution in [2.24, 2.45) is 0 Å². The summed E-state index contributed by atoms with van der Waals surface area (Å²) in [4.78, 5) is 0. The highest BCUT2D eigenvalue weighted by molar-refractivity contribution is 5.85. The second-order valence-corrected chi connectivity index (χ2v) is 5.53. The van der Waals surface area contributed by atoms with Crippen LogP contribution in [0.2, 0.25) is 0 Å². The van der Waals surface area contributed by atoms with Crippen LogP contribution in [0.4, 0.5) is 0 Å². The van der Waals surface area contributed by atoms with Crippen molar-refractivity contribution >= 4 is 12.4 Å². The van der Waals surface area contributed by atoms with Gasteiger partial charge in [0.25, 0.3) is 0 Å². The molecule has 0 aromatic heterocycles. The Hall–Kier alpha value is -1.57. The van der Waals surface area contributed by atoms with E-state index in [9.17, 15) is 0 Å². The van der Waals surface area contributed by atoms with Crippen molar-refractivity contribution in [3.8, 4) is 0 Å². The Labute approximate surface area is 134 Å². The molecule has 0 aliphatic rings. The molecular formula is C19H24ClN. The largest absolute Gasteiger partial charge is 0.303 e. The lowest BCUT2D eigenvalue weighted by atomic mass is 9.88. The van der Waals surface area contributed by atoms with Crippen LogP contribution in [0.3, 0.4) is 0 Å². The molecule has 2 heteroatoms. The van der Waals surface area contributed by atoms with Gasteiger partial charge in [-0.05, 0) is 31.4 Å². The van der Waals surface area contributed by atoms with E-state index in [2.05, 4.69) is 74.3 Å². The fraction of sp³-hybridized carbons (Fsp3) is 0.263. The van der Waals surface area contributed by atoms with Crippen LogP contribution >= 0.6 is 12.4 Å². The van der Waals surface area contributed by atoms with Gasteiger partial charge in [-0.3, -0.25) is 0 Å². The molecule has 1 nitrogen and oxygen atoms in total. The van der Waals surface area contributed by atoms with Gasteiger partial charge in [-0.2, -0.15) is 0 Å². The van der Waals surface area contributed by atoms with Gasteiger partial charge in [0, 0.05) is 12.1 Å². The fourth-order valence-corrected chi connectivity index (χ4v) is 2.40. The SMILES string of the molecule is C=CCC(C)(NCc1ccccc1)c1ccc(C)cc1.Cl. The Morgan fingerprint density at radius 3 is 2.24 bits per heavy atom. The maximum Gasteiger partial charge on any atom is 0.0443 e. The molecule has 2 aromatic rings. The van der Waals surface area contributed by atoms with Crippen LogP contribution < -0.4 is 5.32 Å². The number of nitrogens with one attached hydrogen (secondary N) is 1. The van der Waals surface area contributed by atoms with Gasteiger partial charge in [0.15, 0.2) is 0 Å². The molecule has 112 valence electrons. The van der Waals surface area contributed by atoms with E-state index in [0.29, 0.717) is 0 Å². The summed E-state index contributed by atoms with van der Waals surface area (Å²) in [5.41, 5.74) is 3.82. The summed E-state index contributed by atoms with van der Waals surface area (Å²) in [5.74, 6) is 0. The number of aryl methyl sites for hydroxylation is 1. The van der Waals surface area contributed by atoms with E-state index in [1.807, 2.05) is 12.1 Å². The van der Waals surface area contributed by atoms with Crippen LogP contribution in [0, 0.1) is 6.92 Å². The van der Waals surface area contributed by atoms with Crippen molar-refractivity contribution in [3.63, 3.8) is 0 Å². The first-order valence-electron chi connectivity index (χ1n) is 7.11. The molecule has 0 radical (unpaired) electrons. The molecule has 0 fully saturated rings. The van der Waals surface area contributed by atoms with Crippen molar-refractivity contribution in [3.05, 3.63) is 83.9 Å². The van der Waals surface area contributed by atoms with Gasteiger partial charge in [0.2, 0.25) is 0 Å². The summed E-state index contributed by atoms with van der Waals surface area (Å²) in [6, 6.07) is 19.2. The molecule has 0 bridgehead atoms. The Balaban J connectivity index is 0.00000220. The standard InChI is InChI=1S/C19H23N.ClH/c1-4-14-19(3,18-12-10-16(2)11-13-18)20-15-17-8-6-5-7-9-17;/h4-13,20H,1,14-15H2,2-3H3;1H. The Morgan fingerprint density at radius 1 is 1.05 bits per heavy atom. The molecular weight excluding hydrogens is 278 g/mol. The van der Waals surface area contributed by atoms with Gasteiger partial charge in [-0.1, -0.05) is 66.2 Å². The average Bonchev–Trinajstić information content (AvgIpc) is 2.47. The molecule has 0 saturated heterocycles. The first-order valence-corrected chi connectivity index (χ1v) is 7.11. The summed E-state index contributed by atoms with van der Waals surface area (Å²) in [5, 5.41) is 3.68. The Kier molecular flexibility index (Phi) is 6.67. The monoisotopic (exact) mass is 301 g/mol. The van der Waals surface area contributed by atoms with Crippen LogP contribution in [-0.4, -0.2) is 0 Å². The smallest absolute Gasteiger partial charge is 0.0443 e. The van der Waals surface area contributed by atoms with Gasteiger partial charge in [-0.15, -0.1) is 19.0 Å². The highest BCUT2D eigenvalue weighted by Crippen LogP contribution is 2.26. The highest BCUT2D eigenvalue weighted by atomic mass is 35.5. The maximum absolute atomic E-state index is 3.90. The maximum atomic E-state index is 3.90. The second kappa shape index (κ2) is 8.02. The lowest BCUT2D eigenvalue weighted by Crippen LogP contribution is -2.38. The van der Waals surface area contributed by atoms with Crippen molar-refractivity contribution in [2.75, 3.05) is 0 Å². The highest BCUT2D eigenvalue weighted by Gasteiger charge is 2.24. The molecule has 0 aliphatic carbocycles. The minimum atomic E-state index is -0.0781. The van der Waals surface area contributed by atoms with Gasteiger partial charge in [-0.25, -0.2) is 0 Å². The zero-order chi connectivity index (χ0) is 14.4. The van der Waals surface area contributed by atoms with Gasteiger partial charge >= 0.3 is 0 Å². The van der Waals surface area contributed by atoms with Crippen molar-refractivity contribution in [1.29, 1.82) is 0 Å². The van der Waals surface area contributed by atoms with E-state index in [1.165, 1.54) is 16.7 Å². The van der Waals surface area contributed by atoms with Crippen LogP contribution in [-0.2, 0) is 12.1 Å². The first-order chi connectivity index (χ1) is 9.64. The second-order valence-electron chi connectivity index (χ2n) is 5.53. The zero-order valence-corrected chi connectivity index (χ0v) is 13.6. The molecule has 2 aromatic carbocycles. The van der Waals surface area contributed by atoms with E-state index in [-0.39, 0.29) is 17.9 Å². The first kappa shape index (κ1) is 17.5. The topological polar surface area (TPSA) is 12.0 Å². The zero-order valence-electron chi connectivity index (χ0n) is 12.8. The molecule has 0 spiro atoms. The van der Waals surface area contributed by atoms with Crippen LogP contribution in [0.25, 0.3) is 0 Å². The number of hydrogen-bond acceptors (Lipinski definition) is 1. The van der Waals surface area contributed by atoms with Crippen LogP contribution in [0.5, 0.6) is 0 Å². The van der Waals surface area contributed by atoms with Crippen molar-refractivity contribution in [1.82, 2.24) is 5.32 Å². The van der Waals surface area contributed by atoms with E-state index in [0.717, 1.165) is 13.0 Å². The van der Waals surface area contributed by atoms with Gasteiger partial charge < -0.3 is 5.32 Å². The van der Waals surface area contributed by atoms with E-state index >= 15 is 0 Å². The lowest BCUT2D eigenvalue weighted by molar-refractivity contribution is 0.367. The molecule has 21 heavy (non-hydrogen) atoms. The summed E-state index contributed by atoms with van der Waals surface area (Å²) in [6.07, 6.45) is 2.89. The number of halogens is 1. The Morgan fingerprint density at radius 2 is 1.67 bits per heavy atom. The number of benzene rings is 2. The molecule has 1 atom stereocenters. The molecule has 2 rings (SSSR count). The van der Waals surface area contributed by atoms with E-state index in [4.69, 9.17) is 0 Å². The predicted molar refractivity (Wildman–Crippen MR) is 93.9 cm³/mol. The van der Waals surface area contributed by atoms with E-state index in [1.54, 1.807) is 0 Å². The van der Waals surface area contributed by atoms with Crippen LogP contribution in [0.15, 0.2) is 67.3 Å².